The molecule has 0 radical (unpaired) electrons. The Morgan fingerprint density at radius 3 is 1.37 bits per heavy atom. The van der Waals surface area contributed by atoms with E-state index in [0.29, 0.717) is 5.57 Å². The molecule has 0 bridgehead atoms. The van der Waals surface area contributed by atoms with E-state index in [0.717, 1.165) is 45.4 Å². The van der Waals surface area contributed by atoms with Crippen LogP contribution in [0.4, 0.5) is 16.2 Å². The molecule has 0 spiro atoms. The van der Waals surface area contributed by atoms with Crippen LogP contribution >= 0.6 is 0 Å². The molecule has 0 unspecified atom stereocenters. The second-order valence-electron chi connectivity index (χ2n) is 13.2. The van der Waals surface area contributed by atoms with Crippen LogP contribution in [0.1, 0.15) is 52.7 Å². The van der Waals surface area contributed by atoms with Gasteiger partial charge in [0.25, 0.3) is 11.8 Å². The lowest BCUT2D eigenvalue weighted by Gasteiger charge is -2.30. The van der Waals surface area contributed by atoms with Gasteiger partial charge in [-0.1, -0.05) is 88.4 Å². The number of amides is 4. The molecule has 0 N–H and O–H groups in total. The third kappa shape index (κ3) is 4.51. The molecule has 46 heavy (non-hydrogen) atoms. The molecule has 1 fully saturated rings. The zero-order valence-corrected chi connectivity index (χ0v) is 28.0. The summed E-state index contributed by atoms with van der Waals surface area (Å²) in [5.74, 6) is -1.20. The fraction of sp³-hybridized carbons (Fsp3) is 0.308. The Morgan fingerprint density at radius 1 is 0.587 bits per heavy atom. The lowest BCUT2D eigenvalue weighted by Crippen LogP contribution is -2.53. The molecule has 2 aromatic rings. The number of urea groups is 1. The van der Waals surface area contributed by atoms with Crippen LogP contribution in [-0.4, -0.2) is 54.8 Å². The van der Waals surface area contributed by atoms with Crippen molar-refractivity contribution in [3.8, 4) is 0 Å². The molecule has 0 aromatic heterocycles. The number of benzene rings is 2. The normalized spacial score (nSPS) is 23.7. The van der Waals surface area contributed by atoms with Gasteiger partial charge >= 0.3 is 6.03 Å². The van der Waals surface area contributed by atoms with E-state index in [9.17, 15) is 14.4 Å². The number of nitrogens with zero attached hydrogens (tertiary/aromatic N) is 4. The van der Waals surface area contributed by atoms with Crippen LogP contribution < -0.4 is 9.80 Å². The van der Waals surface area contributed by atoms with Crippen LogP contribution in [0.3, 0.4) is 0 Å². The first kappa shape index (κ1) is 31.1. The van der Waals surface area contributed by atoms with Crippen LogP contribution in [0, 0.1) is 0 Å². The standard InChI is InChI=1S/C39H42N4O3/c1-9-42-29-17-13-11-15-27(29)38(3,4)31(42)23-21-25-19-20-26(33(25)34-35(44)40(7)37(46)41(8)36(34)45)22-24-32-39(5,6)28-16-12-14-18-30(28)43(32)10-2/h11-24H,9-10H2,1-8H3/b25-21+,26-22?,31-23+,32-24?. The molecule has 7 heteroatoms. The summed E-state index contributed by atoms with van der Waals surface area (Å²) in [6, 6.07) is 16.3. The highest BCUT2D eigenvalue weighted by Gasteiger charge is 2.43. The first-order valence-electron chi connectivity index (χ1n) is 16.0. The first-order valence-corrected chi connectivity index (χ1v) is 16.0. The van der Waals surface area contributed by atoms with Crippen molar-refractivity contribution >= 4 is 29.2 Å². The smallest absolute Gasteiger partial charge is 0.333 e. The Labute approximate surface area is 272 Å². The van der Waals surface area contributed by atoms with Crippen molar-refractivity contribution in [1.82, 2.24) is 9.80 Å². The van der Waals surface area contributed by atoms with Gasteiger partial charge in [0.05, 0.1) is 0 Å². The predicted molar refractivity (Wildman–Crippen MR) is 184 cm³/mol. The van der Waals surface area contributed by atoms with Crippen molar-refractivity contribution in [1.29, 1.82) is 0 Å². The van der Waals surface area contributed by atoms with Crippen molar-refractivity contribution in [2.24, 2.45) is 0 Å². The molecule has 236 valence electrons. The molecule has 1 aliphatic carbocycles. The molecule has 7 nitrogen and oxygen atoms in total. The number of likely N-dealkylation sites (N-methyl/N-ethyl adjacent to an activating group) is 4. The van der Waals surface area contributed by atoms with Gasteiger partial charge < -0.3 is 9.80 Å². The molecular weight excluding hydrogens is 572 g/mol. The monoisotopic (exact) mass is 614 g/mol. The molecule has 4 amide bonds. The Balaban J connectivity index is 1.51. The number of carbonyl (C=O) groups is 3. The summed E-state index contributed by atoms with van der Waals surface area (Å²) < 4.78 is 0. The SMILES string of the molecule is CCN1C(=CC=C2C=C/C(=C\C=C3\N(CC)c4ccccc4C3(C)C)C2=C2C(=O)N(C)C(=O)N(C)C2=O)C(C)(C)c2ccccc21. The van der Waals surface area contributed by atoms with Gasteiger partial charge in [-0.2, -0.15) is 0 Å². The second-order valence-corrected chi connectivity index (χ2v) is 13.2. The topological polar surface area (TPSA) is 64.2 Å². The zero-order valence-electron chi connectivity index (χ0n) is 28.0. The minimum absolute atomic E-state index is 0.00784. The van der Waals surface area contributed by atoms with Gasteiger partial charge in [-0.15, -0.1) is 0 Å². The van der Waals surface area contributed by atoms with Gasteiger partial charge in [0, 0.05) is 66.4 Å². The average molecular weight is 615 g/mol. The van der Waals surface area contributed by atoms with E-state index in [-0.39, 0.29) is 16.4 Å². The van der Waals surface area contributed by atoms with Crippen LogP contribution in [-0.2, 0) is 20.4 Å². The fourth-order valence-electron chi connectivity index (χ4n) is 7.42. The van der Waals surface area contributed by atoms with Gasteiger partial charge in [0.1, 0.15) is 5.57 Å². The molecule has 3 aliphatic heterocycles. The lowest BCUT2D eigenvalue weighted by atomic mass is 9.83. The van der Waals surface area contributed by atoms with Crippen molar-refractivity contribution in [3.63, 3.8) is 0 Å². The van der Waals surface area contributed by atoms with Crippen molar-refractivity contribution in [2.75, 3.05) is 37.0 Å². The number of allylic oxidation sites excluding steroid dienone is 11. The van der Waals surface area contributed by atoms with Crippen LogP contribution in [0.25, 0.3) is 0 Å². The van der Waals surface area contributed by atoms with Crippen molar-refractivity contribution in [3.05, 3.63) is 130 Å². The van der Waals surface area contributed by atoms with Crippen LogP contribution in [0.15, 0.2) is 119 Å². The maximum absolute atomic E-state index is 13.7. The third-order valence-electron chi connectivity index (χ3n) is 9.95. The average Bonchev–Trinajstić information content (AvgIpc) is 3.61. The Morgan fingerprint density at radius 2 is 0.978 bits per heavy atom. The highest BCUT2D eigenvalue weighted by Crippen LogP contribution is 2.49. The van der Waals surface area contributed by atoms with Gasteiger partial charge in [-0.05, 0) is 60.4 Å². The Bertz CT molecular complexity index is 1740. The number of anilines is 2. The summed E-state index contributed by atoms with van der Waals surface area (Å²) in [5.41, 5.74) is 8.70. The first-order chi connectivity index (χ1) is 21.9. The number of imide groups is 2. The molecular formula is C39H42N4O3. The van der Waals surface area contributed by atoms with E-state index in [2.05, 4.69) is 112 Å². The summed E-state index contributed by atoms with van der Waals surface area (Å²) >= 11 is 0. The number of hydrogen-bond donors (Lipinski definition) is 0. The molecule has 6 rings (SSSR count). The molecule has 4 aliphatic rings. The van der Waals surface area contributed by atoms with Crippen molar-refractivity contribution in [2.45, 2.75) is 52.4 Å². The highest BCUT2D eigenvalue weighted by molar-refractivity contribution is 6.29. The van der Waals surface area contributed by atoms with E-state index >= 15 is 0 Å². The van der Waals surface area contributed by atoms with E-state index < -0.39 is 17.8 Å². The quantitative estimate of drug-likeness (QED) is 0.270. The summed E-state index contributed by atoms with van der Waals surface area (Å²) in [6.07, 6.45) is 12.1. The van der Waals surface area contributed by atoms with Crippen LogP contribution in [0.2, 0.25) is 0 Å². The predicted octanol–water partition coefficient (Wildman–Crippen LogP) is 7.16. The lowest BCUT2D eigenvalue weighted by molar-refractivity contribution is -0.134. The number of rotatable bonds is 4. The highest BCUT2D eigenvalue weighted by atomic mass is 16.2. The minimum Gasteiger partial charge on any atom is -0.344 e. The molecule has 2 aromatic carbocycles. The summed E-state index contributed by atoms with van der Waals surface area (Å²) in [7, 11) is 2.84. The third-order valence-corrected chi connectivity index (χ3v) is 9.95. The molecule has 0 atom stereocenters. The number of hydrogen-bond acceptors (Lipinski definition) is 5. The van der Waals surface area contributed by atoms with E-state index in [1.165, 1.54) is 36.6 Å². The minimum atomic E-state index is -0.640. The Hall–Kier alpha value is -4.91. The van der Waals surface area contributed by atoms with Gasteiger partial charge in [0.15, 0.2) is 0 Å². The van der Waals surface area contributed by atoms with Crippen LogP contribution in [0.5, 0.6) is 0 Å². The molecule has 0 saturated carbocycles. The summed E-state index contributed by atoms with van der Waals surface area (Å²) in [5, 5.41) is 0. The summed E-state index contributed by atoms with van der Waals surface area (Å²) in [6.45, 7) is 14.8. The number of barbiturate groups is 1. The number of carbonyl (C=O) groups excluding carboxylic acids is 3. The van der Waals surface area contributed by atoms with Gasteiger partial charge in [-0.3, -0.25) is 19.4 Å². The maximum atomic E-state index is 13.7. The second kappa shape index (κ2) is 11.2. The maximum Gasteiger partial charge on any atom is 0.333 e. The number of para-hydroxylation sites is 2. The van der Waals surface area contributed by atoms with Gasteiger partial charge in [-0.25, -0.2) is 4.79 Å². The van der Waals surface area contributed by atoms with Gasteiger partial charge in [0.2, 0.25) is 0 Å². The Kier molecular flexibility index (Phi) is 7.54. The number of fused-ring (bicyclic) bond motifs is 2. The van der Waals surface area contributed by atoms with E-state index in [4.69, 9.17) is 0 Å². The van der Waals surface area contributed by atoms with E-state index in [1.807, 2.05) is 24.3 Å². The molecule has 1 saturated heterocycles. The summed E-state index contributed by atoms with van der Waals surface area (Å²) in [4.78, 5) is 46.7. The molecule has 3 heterocycles. The fourth-order valence-corrected chi connectivity index (χ4v) is 7.42. The zero-order chi connectivity index (χ0) is 33.1. The largest absolute Gasteiger partial charge is 0.344 e. The van der Waals surface area contributed by atoms with E-state index in [1.54, 1.807) is 0 Å². The van der Waals surface area contributed by atoms with Crippen molar-refractivity contribution < 1.29 is 14.4 Å².